The molecular formula is C15H20N4OS. The number of hydrogen-bond donors (Lipinski definition) is 2. The van der Waals surface area contributed by atoms with Crippen molar-refractivity contribution in [1.82, 2.24) is 15.2 Å². The van der Waals surface area contributed by atoms with E-state index in [1.54, 1.807) is 0 Å². The van der Waals surface area contributed by atoms with Crippen molar-refractivity contribution in [2.45, 2.75) is 25.8 Å². The molecule has 2 aromatic rings. The van der Waals surface area contributed by atoms with E-state index in [2.05, 4.69) is 22.1 Å². The Bertz CT molecular complexity index is 646. The van der Waals surface area contributed by atoms with Crippen molar-refractivity contribution in [1.29, 1.82) is 0 Å². The molecule has 1 aromatic carbocycles. The molecule has 6 heteroatoms. The quantitative estimate of drug-likeness (QED) is 0.911. The summed E-state index contributed by atoms with van der Waals surface area (Å²) in [6.45, 7) is 5.39. The minimum absolute atomic E-state index is 0.00109. The molecule has 2 heterocycles. The van der Waals surface area contributed by atoms with Gasteiger partial charge in [0.1, 0.15) is 0 Å². The van der Waals surface area contributed by atoms with Crippen LogP contribution in [0.4, 0.5) is 5.13 Å². The molecule has 0 unspecified atom stereocenters. The number of hydrogen-bond acceptors (Lipinski definition) is 5. The van der Waals surface area contributed by atoms with Crippen molar-refractivity contribution < 1.29 is 4.79 Å². The van der Waals surface area contributed by atoms with Gasteiger partial charge in [0.05, 0.1) is 10.2 Å². The van der Waals surface area contributed by atoms with Crippen molar-refractivity contribution in [2.24, 2.45) is 0 Å². The number of nitrogens with two attached hydrogens (primary N) is 1. The summed E-state index contributed by atoms with van der Waals surface area (Å²) < 4.78 is 0.959. The Hall–Kier alpha value is -1.66. The number of carbonyl (C=O) groups excluding carboxylic acids is 1. The molecule has 1 amide bonds. The molecule has 0 aliphatic carbocycles. The van der Waals surface area contributed by atoms with E-state index in [-0.39, 0.29) is 11.9 Å². The van der Waals surface area contributed by atoms with Crippen molar-refractivity contribution in [2.75, 3.05) is 25.4 Å². The number of aromatic nitrogens is 1. The van der Waals surface area contributed by atoms with Gasteiger partial charge in [0.25, 0.3) is 5.91 Å². The number of benzene rings is 1. The molecule has 0 bridgehead atoms. The van der Waals surface area contributed by atoms with Crippen molar-refractivity contribution >= 4 is 32.6 Å². The largest absolute Gasteiger partial charge is 0.375 e. The third-order valence-electron chi connectivity index (χ3n) is 4.04. The Balaban J connectivity index is 1.66. The average Bonchev–Trinajstić information content (AvgIpc) is 2.87. The van der Waals surface area contributed by atoms with Crippen LogP contribution in [0.15, 0.2) is 18.2 Å². The lowest BCUT2D eigenvalue weighted by atomic mass is 10.0. The van der Waals surface area contributed by atoms with Gasteiger partial charge in [0.15, 0.2) is 5.13 Å². The fourth-order valence-corrected chi connectivity index (χ4v) is 3.52. The SMILES string of the molecule is CCN1CCC(NC(=O)c2ccc3nc(N)sc3c2)CC1. The van der Waals surface area contributed by atoms with Crippen molar-refractivity contribution in [3.63, 3.8) is 0 Å². The maximum absolute atomic E-state index is 12.3. The first kappa shape index (κ1) is 14.3. The van der Waals surface area contributed by atoms with E-state index in [9.17, 15) is 4.79 Å². The molecular weight excluding hydrogens is 284 g/mol. The number of amides is 1. The molecule has 0 spiro atoms. The molecule has 1 aliphatic heterocycles. The number of nitrogens with zero attached hydrogens (tertiary/aromatic N) is 2. The molecule has 5 nitrogen and oxygen atoms in total. The number of piperidine rings is 1. The zero-order chi connectivity index (χ0) is 14.8. The number of fused-ring (bicyclic) bond motifs is 1. The van der Waals surface area contributed by atoms with Crippen LogP contribution in [0.1, 0.15) is 30.1 Å². The normalized spacial score (nSPS) is 17.2. The highest BCUT2D eigenvalue weighted by Gasteiger charge is 2.20. The molecule has 3 N–H and O–H groups in total. The van der Waals surface area contributed by atoms with E-state index in [1.165, 1.54) is 11.3 Å². The van der Waals surface area contributed by atoms with Crippen LogP contribution in [0.25, 0.3) is 10.2 Å². The lowest BCUT2D eigenvalue weighted by Crippen LogP contribution is -2.44. The summed E-state index contributed by atoms with van der Waals surface area (Å²) in [5, 5.41) is 3.68. The second-order valence-electron chi connectivity index (χ2n) is 5.42. The molecule has 0 saturated carbocycles. The van der Waals surface area contributed by atoms with E-state index in [0.717, 1.165) is 42.7 Å². The monoisotopic (exact) mass is 304 g/mol. The molecule has 21 heavy (non-hydrogen) atoms. The summed E-state index contributed by atoms with van der Waals surface area (Å²) in [5.41, 5.74) is 7.23. The summed E-state index contributed by atoms with van der Waals surface area (Å²) in [6.07, 6.45) is 2.05. The van der Waals surface area contributed by atoms with Crippen LogP contribution < -0.4 is 11.1 Å². The van der Waals surface area contributed by atoms with Crippen LogP contribution in [0.2, 0.25) is 0 Å². The lowest BCUT2D eigenvalue weighted by molar-refractivity contribution is 0.0913. The Morgan fingerprint density at radius 1 is 1.48 bits per heavy atom. The van der Waals surface area contributed by atoms with Gasteiger partial charge in [-0.15, -0.1) is 0 Å². The number of thiazole rings is 1. The molecule has 0 radical (unpaired) electrons. The number of carbonyl (C=O) groups is 1. The van der Waals surface area contributed by atoms with Crippen molar-refractivity contribution in [3.05, 3.63) is 23.8 Å². The molecule has 1 aliphatic rings. The Morgan fingerprint density at radius 3 is 2.95 bits per heavy atom. The zero-order valence-corrected chi connectivity index (χ0v) is 12.9. The highest BCUT2D eigenvalue weighted by atomic mass is 32.1. The summed E-state index contributed by atoms with van der Waals surface area (Å²) in [7, 11) is 0. The van der Waals surface area contributed by atoms with E-state index in [1.807, 2.05) is 18.2 Å². The second-order valence-corrected chi connectivity index (χ2v) is 6.48. The highest BCUT2D eigenvalue weighted by Crippen LogP contribution is 2.24. The van der Waals surface area contributed by atoms with Crippen molar-refractivity contribution in [3.8, 4) is 0 Å². The van der Waals surface area contributed by atoms with Crippen LogP contribution in [0, 0.1) is 0 Å². The molecule has 112 valence electrons. The number of anilines is 1. The van der Waals surface area contributed by atoms with Gasteiger partial charge in [-0.1, -0.05) is 18.3 Å². The molecule has 1 saturated heterocycles. The van der Waals surface area contributed by atoms with Gasteiger partial charge in [-0.3, -0.25) is 4.79 Å². The number of nitrogens with one attached hydrogen (secondary N) is 1. The smallest absolute Gasteiger partial charge is 0.251 e. The summed E-state index contributed by atoms with van der Waals surface area (Å²) in [6, 6.07) is 5.83. The van der Waals surface area contributed by atoms with Crippen LogP contribution in [0.3, 0.4) is 0 Å². The Labute approximate surface area is 128 Å². The number of nitrogen functional groups attached to an aromatic ring is 1. The first-order valence-corrected chi connectivity index (χ1v) is 8.16. The first-order chi connectivity index (χ1) is 10.2. The molecule has 0 atom stereocenters. The predicted molar refractivity (Wildman–Crippen MR) is 86.6 cm³/mol. The highest BCUT2D eigenvalue weighted by molar-refractivity contribution is 7.22. The minimum atomic E-state index is -0.00109. The average molecular weight is 304 g/mol. The van der Waals surface area contributed by atoms with Crippen LogP contribution in [-0.2, 0) is 0 Å². The molecule has 3 rings (SSSR count). The van der Waals surface area contributed by atoms with Gasteiger partial charge in [0.2, 0.25) is 0 Å². The van der Waals surface area contributed by atoms with Gasteiger partial charge >= 0.3 is 0 Å². The van der Waals surface area contributed by atoms with E-state index in [0.29, 0.717) is 10.7 Å². The topological polar surface area (TPSA) is 71.2 Å². The summed E-state index contributed by atoms with van der Waals surface area (Å²) >= 11 is 1.41. The third kappa shape index (κ3) is 3.16. The molecule has 1 aromatic heterocycles. The van der Waals surface area contributed by atoms with Gasteiger partial charge < -0.3 is 16.0 Å². The van der Waals surface area contributed by atoms with Crippen LogP contribution >= 0.6 is 11.3 Å². The predicted octanol–water partition coefficient (Wildman–Crippen LogP) is 2.09. The van der Waals surface area contributed by atoms with Gasteiger partial charge in [-0.2, -0.15) is 0 Å². The third-order valence-corrected chi connectivity index (χ3v) is 4.88. The summed E-state index contributed by atoms with van der Waals surface area (Å²) in [5.74, 6) is -0.00109. The molecule has 1 fully saturated rings. The Morgan fingerprint density at radius 2 is 2.24 bits per heavy atom. The summed E-state index contributed by atoms with van der Waals surface area (Å²) in [4.78, 5) is 19.0. The number of likely N-dealkylation sites (tertiary alicyclic amines) is 1. The lowest BCUT2D eigenvalue weighted by Gasteiger charge is -2.31. The van der Waals surface area contributed by atoms with Crippen LogP contribution in [0.5, 0.6) is 0 Å². The van der Waals surface area contributed by atoms with Crippen LogP contribution in [-0.4, -0.2) is 41.5 Å². The maximum Gasteiger partial charge on any atom is 0.251 e. The fourth-order valence-electron chi connectivity index (χ4n) is 2.75. The Kier molecular flexibility index (Phi) is 4.07. The van der Waals surface area contributed by atoms with Gasteiger partial charge in [-0.05, 0) is 37.6 Å². The number of rotatable bonds is 3. The van der Waals surface area contributed by atoms with E-state index >= 15 is 0 Å². The first-order valence-electron chi connectivity index (χ1n) is 7.35. The maximum atomic E-state index is 12.3. The zero-order valence-electron chi connectivity index (χ0n) is 12.1. The van der Waals surface area contributed by atoms with E-state index in [4.69, 9.17) is 5.73 Å². The minimum Gasteiger partial charge on any atom is -0.375 e. The fraction of sp³-hybridized carbons (Fsp3) is 0.467. The van der Waals surface area contributed by atoms with E-state index < -0.39 is 0 Å². The second kappa shape index (κ2) is 5.99. The van der Waals surface area contributed by atoms with Gasteiger partial charge in [-0.25, -0.2) is 4.98 Å². The van der Waals surface area contributed by atoms with Gasteiger partial charge in [0, 0.05) is 24.7 Å². The standard InChI is InChI=1S/C15H20N4OS/c1-2-19-7-5-11(6-8-19)17-14(20)10-3-4-12-13(9-10)21-15(16)18-12/h3-4,9,11H,2,5-8H2,1H3,(H2,16,18)(H,17,20).